The first-order chi connectivity index (χ1) is 12.1. The molecule has 0 amide bonds. The van der Waals surface area contributed by atoms with Gasteiger partial charge in [-0.3, -0.25) is 4.99 Å². The molecule has 0 saturated carbocycles. The minimum absolute atomic E-state index is 0. The number of anilines is 1. The number of aromatic nitrogens is 1. The van der Waals surface area contributed by atoms with Crippen molar-refractivity contribution in [1.82, 2.24) is 15.2 Å². The molecule has 142 valence electrons. The summed E-state index contributed by atoms with van der Waals surface area (Å²) in [5.74, 6) is 2.13. The second-order valence-corrected chi connectivity index (χ2v) is 6.08. The molecule has 0 bridgehead atoms. The van der Waals surface area contributed by atoms with Crippen LogP contribution in [0.4, 0.5) is 10.1 Å². The fraction of sp³-hybridized carbons (Fsp3) is 0.444. The van der Waals surface area contributed by atoms with E-state index < -0.39 is 0 Å². The minimum Gasteiger partial charge on any atom is -0.444 e. The zero-order valence-electron chi connectivity index (χ0n) is 15.3. The third-order valence-corrected chi connectivity index (χ3v) is 4.45. The van der Waals surface area contributed by atoms with Gasteiger partial charge in [0.1, 0.15) is 11.6 Å². The molecule has 0 unspecified atom stereocenters. The van der Waals surface area contributed by atoms with E-state index in [0.717, 1.165) is 43.6 Å². The standard InChI is InChI=1S/C18H24FN5O.HI/c1-13-14(2)25-17(22-13)12-21-18(20-3)24-10-8-23(9-11-24)16-7-5-4-6-15(16)19;/h4-7H,8-12H2,1-3H3,(H,20,21);1H. The lowest BCUT2D eigenvalue weighted by Crippen LogP contribution is -2.52. The van der Waals surface area contributed by atoms with Gasteiger partial charge in [-0.25, -0.2) is 9.37 Å². The molecular weight excluding hydrogens is 448 g/mol. The van der Waals surface area contributed by atoms with E-state index in [0.29, 0.717) is 18.1 Å². The van der Waals surface area contributed by atoms with E-state index in [-0.39, 0.29) is 29.8 Å². The molecule has 1 aromatic carbocycles. The summed E-state index contributed by atoms with van der Waals surface area (Å²) in [6.07, 6.45) is 0. The normalized spacial score (nSPS) is 15.0. The molecule has 0 aliphatic carbocycles. The van der Waals surface area contributed by atoms with Crippen molar-refractivity contribution < 1.29 is 8.81 Å². The maximum absolute atomic E-state index is 13.9. The number of nitrogens with one attached hydrogen (secondary N) is 1. The van der Waals surface area contributed by atoms with Crippen molar-refractivity contribution >= 4 is 35.6 Å². The molecule has 0 atom stereocenters. The first-order valence-electron chi connectivity index (χ1n) is 8.46. The molecule has 2 aromatic rings. The Balaban J connectivity index is 0.00000243. The summed E-state index contributed by atoms with van der Waals surface area (Å²) in [6, 6.07) is 6.91. The second kappa shape index (κ2) is 9.20. The molecule has 6 nitrogen and oxygen atoms in total. The number of rotatable bonds is 3. The SMILES string of the molecule is CN=C(NCc1nc(C)c(C)o1)N1CCN(c2ccccc2F)CC1.I. The Morgan fingerprint density at radius 2 is 1.92 bits per heavy atom. The third-order valence-electron chi connectivity index (χ3n) is 4.45. The number of piperazine rings is 1. The van der Waals surface area contributed by atoms with Crippen LogP contribution in [-0.4, -0.2) is 49.1 Å². The number of benzene rings is 1. The van der Waals surface area contributed by atoms with E-state index in [1.807, 2.05) is 26.0 Å². The van der Waals surface area contributed by atoms with Crippen molar-refractivity contribution in [2.75, 3.05) is 38.1 Å². The highest BCUT2D eigenvalue weighted by molar-refractivity contribution is 14.0. The van der Waals surface area contributed by atoms with Crippen molar-refractivity contribution in [3.05, 3.63) is 47.4 Å². The van der Waals surface area contributed by atoms with Crippen molar-refractivity contribution in [1.29, 1.82) is 0 Å². The minimum atomic E-state index is -0.173. The predicted molar refractivity (Wildman–Crippen MR) is 112 cm³/mol. The summed E-state index contributed by atoms with van der Waals surface area (Å²) in [5.41, 5.74) is 1.57. The fourth-order valence-electron chi connectivity index (χ4n) is 2.97. The number of hydrogen-bond donors (Lipinski definition) is 1. The highest BCUT2D eigenvalue weighted by Crippen LogP contribution is 2.20. The molecule has 3 rings (SSSR count). The Morgan fingerprint density at radius 3 is 2.50 bits per heavy atom. The van der Waals surface area contributed by atoms with Gasteiger partial charge in [-0.2, -0.15) is 0 Å². The van der Waals surface area contributed by atoms with Crippen molar-refractivity contribution in [2.45, 2.75) is 20.4 Å². The monoisotopic (exact) mass is 473 g/mol. The van der Waals surface area contributed by atoms with E-state index in [1.54, 1.807) is 13.1 Å². The summed E-state index contributed by atoms with van der Waals surface area (Å²) in [5, 5.41) is 3.29. The first-order valence-corrected chi connectivity index (χ1v) is 8.46. The number of aryl methyl sites for hydroxylation is 2. The fourth-order valence-corrected chi connectivity index (χ4v) is 2.97. The molecular formula is C18H25FIN5O. The third kappa shape index (κ3) is 4.66. The Hall–Kier alpha value is -1.84. The molecule has 1 N–H and O–H groups in total. The van der Waals surface area contributed by atoms with Gasteiger partial charge in [-0.15, -0.1) is 24.0 Å². The number of oxazole rings is 1. The van der Waals surface area contributed by atoms with Crippen LogP contribution in [0.15, 0.2) is 33.7 Å². The summed E-state index contributed by atoms with van der Waals surface area (Å²) in [4.78, 5) is 12.9. The Labute approximate surface area is 170 Å². The summed E-state index contributed by atoms with van der Waals surface area (Å²) in [6.45, 7) is 7.38. The molecule has 0 spiro atoms. The van der Waals surface area contributed by atoms with Crippen LogP contribution in [0, 0.1) is 19.7 Å². The second-order valence-electron chi connectivity index (χ2n) is 6.08. The predicted octanol–water partition coefficient (Wildman–Crippen LogP) is 2.95. The van der Waals surface area contributed by atoms with Crippen LogP contribution in [0.5, 0.6) is 0 Å². The van der Waals surface area contributed by atoms with Gasteiger partial charge in [0.05, 0.1) is 17.9 Å². The van der Waals surface area contributed by atoms with Gasteiger partial charge in [0.25, 0.3) is 0 Å². The molecule has 1 saturated heterocycles. The lowest BCUT2D eigenvalue weighted by atomic mass is 10.2. The van der Waals surface area contributed by atoms with Gasteiger partial charge >= 0.3 is 0 Å². The van der Waals surface area contributed by atoms with Crippen LogP contribution < -0.4 is 10.2 Å². The average molecular weight is 473 g/mol. The number of aliphatic imine (C=N–C) groups is 1. The molecule has 26 heavy (non-hydrogen) atoms. The van der Waals surface area contributed by atoms with E-state index in [9.17, 15) is 4.39 Å². The zero-order valence-corrected chi connectivity index (χ0v) is 17.7. The maximum atomic E-state index is 13.9. The van der Waals surface area contributed by atoms with Gasteiger partial charge in [-0.1, -0.05) is 12.1 Å². The van der Waals surface area contributed by atoms with Gasteiger partial charge in [-0.05, 0) is 26.0 Å². The van der Waals surface area contributed by atoms with Crippen LogP contribution in [0.25, 0.3) is 0 Å². The number of halogens is 2. The number of hydrogen-bond acceptors (Lipinski definition) is 4. The maximum Gasteiger partial charge on any atom is 0.214 e. The quantitative estimate of drug-likeness (QED) is 0.422. The van der Waals surface area contributed by atoms with Crippen molar-refractivity contribution in [3.8, 4) is 0 Å². The number of guanidine groups is 1. The number of nitrogens with zero attached hydrogens (tertiary/aromatic N) is 4. The summed E-state index contributed by atoms with van der Waals surface area (Å²) < 4.78 is 19.5. The number of para-hydroxylation sites is 1. The average Bonchev–Trinajstić information content (AvgIpc) is 2.94. The van der Waals surface area contributed by atoms with Gasteiger partial charge < -0.3 is 19.5 Å². The van der Waals surface area contributed by atoms with Crippen LogP contribution >= 0.6 is 24.0 Å². The van der Waals surface area contributed by atoms with Crippen LogP contribution in [-0.2, 0) is 6.54 Å². The molecule has 8 heteroatoms. The molecule has 1 aliphatic heterocycles. The largest absolute Gasteiger partial charge is 0.444 e. The first kappa shape index (κ1) is 20.5. The molecule has 1 fully saturated rings. The van der Waals surface area contributed by atoms with E-state index in [1.165, 1.54) is 6.07 Å². The lowest BCUT2D eigenvalue weighted by Gasteiger charge is -2.37. The van der Waals surface area contributed by atoms with Gasteiger partial charge in [0.2, 0.25) is 5.89 Å². The van der Waals surface area contributed by atoms with E-state index in [4.69, 9.17) is 4.42 Å². The Bertz CT molecular complexity index is 736. The highest BCUT2D eigenvalue weighted by Gasteiger charge is 2.21. The summed E-state index contributed by atoms with van der Waals surface area (Å²) >= 11 is 0. The smallest absolute Gasteiger partial charge is 0.214 e. The van der Waals surface area contributed by atoms with E-state index in [2.05, 4.69) is 25.1 Å². The molecule has 0 radical (unpaired) electrons. The zero-order chi connectivity index (χ0) is 17.8. The van der Waals surface area contributed by atoms with Gasteiger partial charge in [0.15, 0.2) is 5.96 Å². The Kier molecular flexibility index (Phi) is 7.24. The summed E-state index contributed by atoms with van der Waals surface area (Å²) in [7, 11) is 1.76. The van der Waals surface area contributed by atoms with Gasteiger partial charge in [0, 0.05) is 33.2 Å². The molecule has 2 heterocycles. The molecule has 1 aliphatic rings. The van der Waals surface area contributed by atoms with Crippen LogP contribution in [0.1, 0.15) is 17.3 Å². The molecule has 1 aromatic heterocycles. The van der Waals surface area contributed by atoms with Crippen molar-refractivity contribution in [3.63, 3.8) is 0 Å². The van der Waals surface area contributed by atoms with Crippen LogP contribution in [0.2, 0.25) is 0 Å². The topological polar surface area (TPSA) is 56.9 Å². The van der Waals surface area contributed by atoms with E-state index >= 15 is 0 Å². The lowest BCUT2D eigenvalue weighted by molar-refractivity contribution is 0.366. The van der Waals surface area contributed by atoms with Crippen molar-refractivity contribution in [2.24, 2.45) is 4.99 Å². The Morgan fingerprint density at radius 1 is 1.23 bits per heavy atom. The van der Waals surface area contributed by atoms with Crippen LogP contribution in [0.3, 0.4) is 0 Å². The highest BCUT2D eigenvalue weighted by atomic mass is 127.